The quantitative estimate of drug-likeness (QED) is 0.767. The van der Waals surface area contributed by atoms with E-state index in [1.54, 1.807) is 0 Å². The van der Waals surface area contributed by atoms with E-state index in [0.717, 1.165) is 12.1 Å². The predicted molar refractivity (Wildman–Crippen MR) is 54.5 cm³/mol. The van der Waals surface area contributed by atoms with Crippen molar-refractivity contribution in [2.75, 3.05) is 6.61 Å². The molecular weight excluding hydrogens is 246 g/mol. The van der Waals surface area contributed by atoms with Gasteiger partial charge in [0.15, 0.2) is 0 Å². The minimum atomic E-state index is -1.45. The summed E-state index contributed by atoms with van der Waals surface area (Å²) in [6.45, 7) is -0.648. The minimum Gasteiger partial charge on any atom is -0.394 e. The molecule has 0 aliphatic heterocycles. The third kappa shape index (κ3) is 2.80. The molecule has 15 heavy (non-hydrogen) atoms. The first-order valence-corrected chi connectivity index (χ1v) is 4.84. The zero-order chi connectivity index (χ0) is 11.6. The third-order valence-corrected chi connectivity index (χ3v) is 2.52. The molecule has 1 rings (SSSR count). The maximum Gasteiger partial charge on any atom is 0.126 e. The second kappa shape index (κ2) is 5.09. The van der Waals surface area contributed by atoms with Gasteiger partial charge in [-0.05, 0) is 12.1 Å². The topological polar surface area (TPSA) is 60.7 Å². The Morgan fingerprint density at radius 2 is 1.67 bits per heavy atom. The number of halogens is 3. The smallest absolute Gasteiger partial charge is 0.126 e. The van der Waals surface area contributed by atoms with Crippen LogP contribution in [0.15, 0.2) is 12.1 Å². The summed E-state index contributed by atoms with van der Waals surface area (Å²) in [5.41, 5.74) is 0.00119. The maximum absolute atomic E-state index is 12.8. The van der Waals surface area contributed by atoms with E-state index in [1.807, 2.05) is 0 Å². The molecule has 0 radical (unpaired) electrons. The van der Waals surface area contributed by atoms with Crippen molar-refractivity contribution in [3.05, 3.63) is 33.6 Å². The molecule has 0 spiro atoms. The van der Waals surface area contributed by atoms with Gasteiger partial charge in [-0.1, -0.05) is 23.2 Å². The van der Waals surface area contributed by atoms with Crippen LogP contribution in [0.2, 0.25) is 10.0 Å². The van der Waals surface area contributed by atoms with Gasteiger partial charge in [-0.2, -0.15) is 0 Å². The lowest BCUT2D eigenvalue weighted by Crippen LogP contribution is -2.22. The van der Waals surface area contributed by atoms with E-state index in [2.05, 4.69) is 0 Å². The van der Waals surface area contributed by atoms with E-state index in [1.165, 1.54) is 0 Å². The summed E-state index contributed by atoms with van der Waals surface area (Å²) in [6, 6.07) is 1.94. The van der Waals surface area contributed by atoms with Crippen LogP contribution < -0.4 is 0 Å². The Morgan fingerprint density at radius 1 is 1.20 bits per heavy atom. The maximum atomic E-state index is 12.8. The lowest BCUT2D eigenvalue weighted by Gasteiger charge is -2.18. The molecule has 6 heteroatoms. The molecule has 3 N–H and O–H groups in total. The first-order valence-electron chi connectivity index (χ1n) is 4.08. The number of hydrogen-bond acceptors (Lipinski definition) is 3. The summed E-state index contributed by atoms with van der Waals surface area (Å²) in [4.78, 5) is 0. The number of hydrogen-bond donors (Lipinski definition) is 3. The van der Waals surface area contributed by atoms with E-state index in [0.29, 0.717) is 0 Å². The lowest BCUT2D eigenvalue weighted by atomic mass is 10.0. The Hall–Kier alpha value is -0.390. The SMILES string of the molecule is OCC(O)C(O)c1c(Cl)cc(F)cc1Cl. The van der Waals surface area contributed by atoms with Crippen LogP contribution in [-0.2, 0) is 0 Å². The highest BCUT2D eigenvalue weighted by atomic mass is 35.5. The van der Waals surface area contributed by atoms with Gasteiger partial charge in [0.1, 0.15) is 18.0 Å². The largest absolute Gasteiger partial charge is 0.394 e. The molecule has 0 fully saturated rings. The van der Waals surface area contributed by atoms with Crippen LogP contribution in [0.3, 0.4) is 0 Å². The first kappa shape index (κ1) is 12.7. The van der Waals surface area contributed by atoms with Crippen LogP contribution >= 0.6 is 23.2 Å². The Bertz CT molecular complexity index is 336. The summed E-state index contributed by atoms with van der Waals surface area (Å²) in [5.74, 6) is -0.639. The fourth-order valence-electron chi connectivity index (χ4n) is 1.13. The van der Waals surface area contributed by atoms with Gasteiger partial charge in [0.05, 0.1) is 16.7 Å². The van der Waals surface area contributed by atoms with Crippen LogP contribution in [0.5, 0.6) is 0 Å². The van der Waals surface area contributed by atoms with Gasteiger partial charge in [-0.15, -0.1) is 0 Å². The molecule has 0 aliphatic rings. The molecule has 0 aromatic heterocycles. The minimum absolute atomic E-state index is 0.00119. The van der Waals surface area contributed by atoms with Crippen molar-refractivity contribution >= 4 is 23.2 Å². The van der Waals surface area contributed by atoms with Gasteiger partial charge >= 0.3 is 0 Å². The van der Waals surface area contributed by atoms with Crippen molar-refractivity contribution in [1.29, 1.82) is 0 Å². The Kier molecular flexibility index (Phi) is 4.31. The summed E-state index contributed by atoms with van der Waals surface area (Å²) < 4.78 is 12.8. The second-order valence-corrected chi connectivity index (χ2v) is 3.79. The molecule has 0 saturated heterocycles. The molecule has 0 aliphatic carbocycles. The monoisotopic (exact) mass is 254 g/mol. The fraction of sp³-hybridized carbons (Fsp3) is 0.333. The Morgan fingerprint density at radius 3 is 2.07 bits per heavy atom. The predicted octanol–water partition coefficient (Wildman–Crippen LogP) is 1.52. The molecule has 0 saturated carbocycles. The number of aliphatic hydroxyl groups excluding tert-OH is 3. The number of benzene rings is 1. The van der Waals surface area contributed by atoms with Crippen molar-refractivity contribution in [3.8, 4) is 0 Å². The Labute approximate surface area is 95.7 Å². The van der Waals surface area contributed by atoms with Crippen molar-refractivity contribution in [2.45, 2.75) is 12.2 Å². The van der Waals surface area contributed by atoms with Gasteiger partial charge in [0.25, 0.3) is 0 Å². The van der Waals surface area contributed by atoms with Crippen LogP contribution in [0.25, 0.3) is 0 Å². The van der Waals surface area contributed by atoms with Crippen molar-refractivity contribution < 1.29 is 19.7 Å². The molecule has 1 aromatic rings. The normalized spacial score (nSPS) is 15.1. The van der Waals surface area contributed by atoms with Gasteiger partial charge < -0.3 is 15.3 Å². The number of aliphatic hydroxyl groups is 3. The summed E-state index contributed by atoms with van der Waals surface area (Å²) in [6.07, 6.45) is -2.86. The highest BCUT2D eigenvalue weighted by molar-refractivity contribution is 6.36. The van der Waals surface area contributed by atoms with Crippen molar-refractivity contribution in [1.82, 2.24) is 0 Å². The van der Waals surface area contributed by atoms with E-state index >= 15 is 0 Å². The zero-order valence-electron chi connectivity index (χ0n) is 7.49. The van der Waals surface area contributed by atoms with E-state index in [4.69, 9.17) is 28.3 Å². The van der Waals surface area contributed by atoms with E-state index < -0.39 is 24.6 Å². The lowest BCUT2D eigenvalue weighted by molar-refractivity contribution is -0.0151. The van der Waals surface area contributed by atoms with Gasteiger partial charge in [0.2, 0.25) is 0 Å². The summed E-state index contributed by atoms with van der Waals surface area (Å²) in [7, 11) is 0. The fourth-order valence-corrected chi connectivity index (χ4v) is 1.81. The molecule has 1 aromatic carbocycles. The molecule has 2 unspecified atom stereocenters. The summed E-state index contributed by atoms with van der Waals surface area (Å²) >= 11 is 11.3. The van der Waals surface area contributed by atoms with E-state index in [9.17, 15) is 14.6 Å². The van der Waals surface area contributed by atoms with Crippen LogP contribution in [-0.4, -0.2) is 28.0 Å². The highest BCUT2D eigenvalue weighted by Crippen LogP contribution is 2.32. The average molecular weight is 255 g/mol. The van der Waals surface area contributed by atoms with Gasteiger partial charge in [-0.25, -0.2) is 4.39 Å². The molecule has 2 atom stereocenters. The molecule has 84 valence electrons. The summed E-state index contributed by atoms with van der Waals surface area (Å²) in [5, 5.41) is 27.2. The highest BCUT2D eigenvalue weighted by Gasteiger charge is 2.23. The molecule has 0 amide bonds. The average Bonchev–Trinajstić information content (AvgIpc) is 2.14. The van der Waals surface area contributed by atoms with E-state index in [-0.39, 0.29) is 15.6 Å². The van der Waals surface area contributed by atoms with Crippen LogP contribution in [0, 0.1) is 5.82 Å². The molecule has 3 nitrogen and oxygen atoms in total. The molecule has 0 heterocycles. The van der Waals surface area contributed by atoms with Crippen LogP contribution in [0.1, 0.15) is 11.7 Å². The molecular formula is C9H9Cl2FO3. The van der Waals surface area contributed by atoms with Gasteiger partial charge in [0, 0.05) is 5.56 Å². The number of rotatable bonds is 3. The van der Waals surface area contributed by atoms with Crippen molar-refractivity contribution in [2.24, 2.45) is 0 Å². The Balaban J connectivity index is 3.13. The zero-order valence-corrected chi connectivity index (χ0v) is 9.00. The second-order valence-electron chi connectivity index (χ2n) is 2.98. The standard InChI is InChI=1S/C9H9Cl2FO3/c10-5-1-4(12)2-6(11)8(5)9(15)7(14)3-13/h1-2,7,9,13-15H,3H2. The van der Waals surface area contributed by atoms with Crippen molar-refractivity contribution in [3.63, 3.8) is 0 Å². The van der Waals surface area contributed by atoms with Gasteiger partial charge in [-0.3, -0.25) is 0 Å². The van der Waals surface area contributed by atoms with Crippen LogP contribution in [0.4, 0.5) is 4.39 Å². The first-order chi connectivity index (χ1) is 6.97. The molecule has 0 bridgehead atoms. The third-order valence-electron chi connectivity index (χ3n) is 1.89.